The number of anilines is 1. The fourth-order valence-corrected chi connectivity index (χ4v) is 1.29. The smallest absolute Gasteiger partial charge is 0.337 e. The van der Waals surface area contributed by atoms with E-state index in [1.807, 2.05) is 0 Å². The standard InChI is InChI=1S/C14H13NO4/c1-4-8-19-12-9-10(14(17)18-3)6-7-11(12)15-13(16)5-2/h1,5-7,9H,2,8H2,3H3,(H,15,16). The molecule has 1 amide bonds. The van der Waals surface area contributed by atoms with Gasteiger partial charge in [-0.15, -0.1) is 6.42 Å². The molecule has 0 saturated heterocycles. The van der Waals surface area contributed by atoms with Crippen molar-refractivity contribution >= 4 is 17.6 Å². The fourth-order valence-electron chi connectivity index (χ4n) is 1.29. The Bertz CT molecular complexity index is 543. The van der Waals surface area contributed by atoms with Crippen LogP contribution < -0.4 is 10.1 Å². The highest BCUT2D eigenvalue weighted by atomic mass is 16.5. The second-order valence-corrected chi connectivity index (χ2v) is 3.39. The number of methoxy groups -OCH3 is 1. The lowest BCUT2D eigenvalue weighted by Gasteiger charge is -2.11. The molecule has 0 aliphatic rings. The molecule has 19 heavy (non-hydrogen) atoms. The maximum atomic E-state index is 11.4. The Morgan fingerprint density at radius 2 is 2.26 bits per heavy atom. The highest BCUT2D eigenvalue weighted by Gasteiger charge is 2.11. The summed E-state index contributed by atoms with van der Waals surface area (Å²) in [6.45, 7) is 3.36. The van der Waals surface area contributed by atoms with Gasteiger partial charge in [-0.1, -0.05) is 12.5 Å². The third-order valence-corrected chi connectivity index (χ3v) is 2.16. The van der Waals surface area contributed by atoms with Gasteiger partial charge in [0.1, 0.15) is 12.4 Å². The van der Waals surface area contributed by atoms with Gasteiger partial charge >= 0.3 is 5.97 Å². The third-order valence-electron chi connectivity index (χ3n) is 2.16. The van der Waals surface area contributed by atoms with Crippen LogP contribution >= 0.6 is 0 Å². The van der Waals surface area contributed by atoms with E-state index in [-0.39, 0.29) is 12.4 Å². The number of benzene rings is 1. The summed E-state index contributed by atoms with van der Waals surface area (Å²) in [5.74, 6) is 1.69. The zero-order valence-corrected chi connectivity index (χ0v) is 10.4. The number of hydrogen-bond acceptors (Lipinski definition) is 4. The Hall–Kier alpha value is -2.74. The number of ether oxygens (including phenoxy) is 2. The van der Waals surface area contributed by atoms with Gasteiger partial charge in [-0.2, -0.15) is 0 Å². The average Bonchev–Trinajstić information content (AvgIpc) is 2.45. The number of carbonyl (C=O) groups excluding carboxylic acids is 2. The molecule has 1 aromatic rings. The van der Waals surface area contributed by atoms with Crippen molar-refractivity contribution in [1.29, 1.82) is 0 Å². The largest absolute Gasteiger partial charge is 0.479 e. The van der Waals surface area contributed by atoms with Gasteiger partial charge in [-0.05, 0) is 24.3 Å². The van der Waals surface area contributed by atoms with E-state index in [1.165, 1.54) is 25.3 Å². The van der Waals surface area contributed by atoms with Crippen molar-refractivity contribution in [3.05, 3.63) is 36.4 Å². The molecule has 98 valence electrons. The van der Waals surface area contributed by atoms with Gasteiger partial charge in [0.05, 0.1) is 18.4 Å². The van der Waals surface area contributed by atoms with E-state index in [4.69, 9.17) is 11.2 Å². The summed E-state index contributed by atoms with van der Waals surface area (Å²) in [5, 5.41) is 2.55. The fraction of sp³-hybridized carbons (Fsp3) is 0.143. The molecule has 1 rings (SSSR count). The molecule has 0 bridgehead atoms. The summed E-state index contributed by atoms with van der Waals surface area (Å²) >= 11 is 0. The van der Waals surface area contributed by atoms with E-state index in [1.54, 1.807) is 0 Å². The lowest BCUT2D eigenvalue weighted by Crippen LogP contribution is -2.10. The van der Waals surface area contributed by atoms with Gasteiger partial charge in [-0.25, -0.2) is 4.79 Å². The summed E-state index contributed by atoms with van der Waals surface area (Å²) in [6.07, 6.45) is 6.23. The first-order valence-corrected chi connectivity index (χ1v) is 5.34. The first kappa shape index (κ1) is 14.3. The van der Waals surface area contributed by atoms with Crippen LogP contribution in [0.1, 0.15) is 10.4 Å². The Morgan fingerprint density at radius 3 is 2.84 bits per heavy atom. The van der Waals surface area contributed by atoms with Crippen LogP contribution in [-0.4, -0.2) is 25.6 Å². The van der Waals surface area contributed by atoms with Gasteiger partial charge in [0, 0.05) is 0 Å². The van der Waals surface area contributed by atoms with Crippen molar-refractivity contribution in [3.63, 3.8) is 0 Å². The van der Waals surface area contributed by atoms with Crippen LogP contribution in [0, 0.1) is 12.3 Å². The lowest BCUT2D eigenvalue weighted by atomic mass is 10.2. The van der Waals surface area contributed by atoms with E-state index in [0.717, 1.165) is 6.08 Å². The molecule has 0 spiro atoms. The SMILES string of the molecule is C#CCOc1cc(C(=O)OC)ccc1NC(=O)C=C. The number of hydrogen-bond donors (Lipinski definition) is 1. The van der Waals surface area contributed by atoms with Gasteiger partial charge in [0.2, 0.25) is 5.91 Å². The summed E-state index contributed by atoms with van der Waals surface area (Å²) in [6, 6.07) is 4.48. The predicted molar refractivity (Wildman–Crippen MR) is 70.9 cm³/mol. The topological polar surface area (TPSA) is 64.6 Å². The number of carbonyl (C=O) groups is 2. The summed E-state index contributed by atoms with van der Waals surface area (Å²) in [7, 11) is 1.28. The van der Waals surface area contributed by atoms with Crippen molar-refractivity contribution < 1.29 is 19.1 Å². The van der Waals surface area contributed by atoms with Gasteiger partial charge in [-0.3, -0.25) is 4.79 Å². The second-order valence-electron chi connectivity index (χ2n) is 3.39. The van der Waals surface area contributed by atoms with Gasteiger partial charge < -0.3 is 14.8 Å². The number of nitrogens with one attached hydrogen (secondary N) is 1. The highest BCUT2D eigenvalue weighted by molar-refractivity contribution is 6.00. The molecule has 0 aliphatic carbocycles. The van der Waals surface area contributed by atoms with Crippen LogP contribution in [0.4, 0.5) is 5.69 Å². The Labute approximate surface area is 111 Å². The van der Waals surface area contributed by atoms with Gasteiger partial charge in [0.15, 0.2) is 0 Å². The van der Waals surface area contributed by atoms with E-state index >= 15 is 0 Å². The molecule has 1 N–H and O–H groups in total. The zero-order valence-electron chi connectivity index (χ0n) is 10.4. The monoisotopic (exact) mass is 259 g/mol. The molecular formula is C14H13NO4. The van der Waals surface area contributed by atoms with Crippen LogP contribution in [-0.2, 0) is 9.53 Å². The number of esters is 1. The van der Waals surface area contributed by atoms with Crippen LogP contribution in [0.15, 0.2) is 30.9 Å². The minimum Gasteiger partial charge on any atom is -0.479 e. The third kappa shape index (κ3) is 3.89. The zero-order chi connectivity index (χ0) is 14.3. The molecule has 0 saturated carbocycles. The predicted octanol–water partition coefficient (Wildman–Crippen LogP) is 1.61. The summed E-state index contributed by atoms with van der Waals surface area (Å²) in [5.41, 5.74) is 0.693. The molecule has 0 unspecified atom stereocenters. The first-order valence-electron chi connectivity index (χ1n) is 5.34. The average molecular weight is 259 g/mol. The Morgan fingerprint density at radius 1 is 1.53 bits per heavy atom. The molecule has 0 heterocycles. The maximum Gasteiger partial charge on any atom is 0.337 e. The molecule has 0 aromatic heterocycles. The molecule has 1 aromatic carbocycles. The quantitative estimate of drug-likeness (QED) is 0.495. The molecule has 5 heteroatoms. The Balaban J connectivity index is 3.08. The molecule has 0 atom stereocenters. The van der Waals surface area contributed by atoms with E-state index < -0.39 is 11.9 Å². The van der Waals surface area contributed by atoms with Crippen molar-refractivity contribution in [2.45, 2.75) is 0 Å². The summed E-state index contributed by atoms with van der Waals surface area (Å²) < 4.78 is 9.87. The number of terminal acetylenes is 1. The normalized spacial score (nSPS) is 9.05. The van der Waals surface area contributed by atoms with Gasteiger partial charge in [0.25, 0.3) is 0 Å². The van der Waals surface area contributed by atoms with Crippen molar-refractivity contribution in [2.75, 3.05) is 19.0 Å². The van der Waals surface area contributed by atoms with E-state index in [0.29, 0.717) is 11.3 Å². The van der Waals surface area contributed by atoms with Crippen molar-refractivity contribution in [3.8, 4) is 18.1 Å². The molecule has 0 fully saturated rings. The first-order chi connectivity index (χ1) is 9.12. The Kier molecular flexibility index (Phi) is 5.17. The molecule has 0 aliphatic heterocycles. The minimum absolute atomic E-state index is 0.0155. The second kappa shape index (κ2) is 6.87. The number of amides is 1. The van der Waals surface area contributed by atoms with Crippen LogP contribution in [0.2, 0.25) is 0 Å². The highest BCUT2D eigenvalue weighted by Crippen LogP contribution is 2.26. The van der Waals surface area contributed by atoms with Crippen molar-refractivity contribution in [2.24, 2.45) is 0 Å². The molecule has 0 radical (unpaired) electrons. The number of rotatable bonds is 5. The van der Waals surface area contributed by atoms with Crippen LogP contribution in [0.25, 0.3) is 0 Å². The maximum absolute atomic E-state index is 11.4. The van der Waals surface area contributed by atoms with Crippen molar-refractivity contribution in [1.82, 2.24) is 0 Å². The minimum atomic E-state index is -0.507. The molecular weight excluding hydrogens is 246 g/mol. The molecule has 5 nitrogen and oxygen atoms in total. The summed E-state index contributed by atoms with van der Waals surface area (Å²) in [4.78, 5) is 22.7. The van der Waals surface area contributed by atoms with Crippen LogP contribution in [0.5, 0.6) is 5.75 Å². The van der Waals surface area contributed by atoms with E-state index in [2.05, 4.69) is 22.6 Å². The van der Waals surface area contributed by atoms with Crippen LogP contribution in [0.3, 0.4) is 0 Å². The van der Waals surface area contributed by atoms with E-state index in [9.17, 15) is 9.59 Å². The lowest BCUT2D eigenvalue weighted by molar-refractivity contribution is -0.111.